The van der Waals surface area contributed by atoms with Gasteiger partial charge in [0.25, 0.3) is 0 Å². The van der Waals surface area contributed by atoms with Crippen LogP contribution >= 0.6 is 0 Å². The normalized spacial score (nSPS) is 15.2. The number of furan rings is 1. The van der Waals surface area contributed by atoms with Crippen LogP contribution in [-0.4, -0.2) is 9.55 Å². The number of aromatic nitrogens is 2. The van der Waals surface area contributed by atoms with Crippen molar-refractivity contribution in [2.75, 3.05) is 0 Å². The standard InChI is InChI=1S/C47H32N2O/c1-2-44-48-39-22-10-12-24-41(39)49(44)40-23-11-8-19-35(40)45-32-17-6-7-18-33(32)46(38-29-31(27-28-34(38)45)30-15-4-3-5-16-30)37-21-14-26-43-47(37)36-20-9-13-25-42(36)50-43/h3-29H,2H2,1H3/i1D3,2D2,3D,4D,5D,15D,16D. The van der Waals surface area contributed by atoms with E-state index in [2.05, 4.69) is 4.98 Å². The van der Waals surface area contributed by atoms with E-state index in [9.17, 15) is 0 Å². The largest absolute Gasteiger partial charge is 0.456 e. The summed E-state index contributed by atoms with van der Waals surface area (Å²) < 4.78 is 93.6. The summed E-state index contributed by atoms with van der Waals surface area (Å²) in [4.78, 5) is 4.61. The van der Waals surface area contributed by atoms with Gasteiger partial charge in [-0.2, -0.15) is 0 Å². The second kappa shape index (κ2) is 11.3. The molecule has 0 saturated carbocycles. The molecule has 8 aromatic carbocycles. The predicted octanol–water partition coefficient (Wildman–Crippen LogP) is 12.8. The lowest BCUT2D eigenvalue weighted by Gasteiger charge is -2.21. The van der Waals surface area contributed by atoms with E-state index in [0.717, 1.165) is 49.2 Å². The van der Waals surface area contributed by atoms with Crippen LogP contribution in [0.3, 0.4) is 0 Å². The molecule has 10 aromatic rings. The summed E-state index contributed by atoms with van der Waals surface area (Å²) in [5.41, 5.74) is 6.49. The highest BCUT2D eigenvalue weighted by molar-refractivity contribution is 6.26. The summed E-state index contributed by atoms with van der Waals surface area (Å²) in [6, 6.07) is 39.8. The van der Waals surface area contributed by atoms with Crippen LogP contribution in [0.2, 0.25) is 0 Å². The highest BCUT2D eigenvalue weighted by atomic mass is 16.3. The fraction of sp³-hybridized carbons (Fsp3) is 0.0426. The third-order valence-electron chi connectivity index (χ3n) is 9.57. The second-order valence-corrected chi connectivity index (χ2v) is 12.2. The van der Waals surface area contributed by atoms with Gasteiger partial charge in [0.1, 0.15) is 17.0 Å². The molecule has 236 valence electrons. The molecule has 3 nitrogen and oxygen atoms in total. The highest BCUT2D eigenvalue weighted by Crippen LogP contribution is 2.48. The molecular weight excluding hydrogens is 609 g/mol. The van der Waals surface area contributed by atoms with Crippen LogP contribution in [0, 0.1) is 0 Å². The van der Waals surface area contributed by atoms with Gasteiger partial charge in [0, 0.05) is 29.6 Å². The van der Waals surface area contributed by atoms with Crippen molar-refractivity contribution >= 4 is 54.5 Å². The Morgan fingerprint density at radius 1 is 0.620 bits per heavy atom. The summed E-state index contributed by atoms with van der Waals surface area (Å²) in [5, 5.41) is 4.97. The molecule has 0 aliphatic carbocycles. The third-order valence-corrected chi connectivity index (χ3v) is 9.57. The lowest BCUT2D eigenvalue weighted by atomic mass is 9.83. The number of aryl methyl sites for hydroxylation is 1. The minimum Gasteiger partial charge on any atom is -0.456 e. The van der Waals surface area contributed by atoms with Gasteiger partial charge >= 0.3 is 0 Å². The van der Waals surface area contributed by atoms with E-state index in [0.29, 0.717) is 38.8 Å². The van der Waals surface area contributed by atoms with Crippen molar-refractivity contribution in [3.8, 4) is 39.1 Å². The van der Waals surface area contributed by atoms with Crippen molar-refractivity contribution in [1.82, 2.24) is 9.55 Å². The van der Waals surface area contributed by atoms with Crippen molar-refractivity contribution in [3.05, 3.63) is 169 Å². The van der Waals surface area contributed by atoms with Gasteiger partial charge in [-0.15, -0.1) is 0 Å². The topological polar surface area (TPSA) is 31.0 Å². The van der Waals surface area contributed by atoms with Crippen LogP contribution in [0.1, 0.15) is 26.4 Å². The minimum absolute atomic E-state index is 0.0670. The van der Waals surface area contributed by atoms with Crippen LogP contribution in [0.15, 0.2) is 168 Å². The summed E-state index contributed by atoms with van der Waals surface area (Å²) >= 11 is 0. The first-order chi connectivity index (χ1) is 28.8. The van der Waals surface area contributed by atoms with Crippen LogP contribution in [0.25, 0.3) is 93.6 Å². The van der Waals surface area contributed by atoms with Gasteiger partial charge in [0.05, 0.1) is 23.6 Å². The Hall–Kier alpha value is -6.45. The lowest BCUT2D eigenvalue weighted by Crippen LogP contribution is -2.03. The first-order valence-corrected chi connectivity index (χ1v) is 16.3. The van der Waals surface area contributed by atoms with Crippen molar-refractivity contribution in [2.24, 2.45) is 0 Å². The number of rotatable bonds is 5. The van der Waals surface area contributed by atoms with Gasteiger partial charge in [0.15, 0.2) is 0 Å². The number of fused-ring (bicyclic) bond motifs is 6. The SMILES string of the molecule is [2H]c1c([2H])c([2H])c(-c2ccc3c(-c4ccccc4-n4c(C([2H])([2H])C([2H])([2H])[2H])nc5ccccc54)c4ccccc4c(-c4cccc5oc6ccccc6c45)c3c2)c([2H])c1[2H]. The Balaban J connectivity index is 1.38. The molecule has 0 aliphatic heterocycles. The first-order valence-electron chi connectivity index (χ1n) is 21.3. The van der Waals surface area contributed by atoms with Crippen LogP contribution in [0.5, 0.6) is 0 Å². The molecule has 0 aliphatic rings. The van der Waals surface area contributed by atoms with Gasteiger partial charge in [-0.05, 0) is 85.8 Å². The number of hydrogen-bond donors (Lipinski definition) is 0. The zero-order valence-corrected chi connectivity index (χ0v) is 26.5. The summed E-state index contributed by atoms with van der Waals surface area (Å²) in [6.45, 7) is -3.04. The quantitative estimate of drug-likeness (QED) is 0.174. The molecule has 2 heterocycles. The summed E-state index contributed by atoms with van der Waals surface area (Å²) in [5.74, 6) is -0.261. The van der Waals surface area contributed by atoms with E-state index < -0.39 is 31.4 Å². The van der Waals surface area contributed by atoms with Crippen molar-refractivity contribution < 1.29 is 18.1 Å². The van der Waals surface area contributed by atoms with E-state index >= 15 is 0 Å². The number of para-hydroxylation sites is 4. The number of imidazole rings is 1. The van der Waals surface area contributed by atoms with E-state index in [-0.39, 0.29) is 23.5 Å². The Kier molecular flexibility index (Phi) is 4.56. The molecular formula is C47H32N2O. The first kappa shape index (κ1) is 20.2. The van der Waals surface area contributed by atoms with Gasteiger partial charge in [-0.25, -0.2) is 4.98 Å². The Morgan fingerprint density at radius 2 is 1.30 bits per heavy atom. The van der Waals surface area contributed by atoms with Gasteiger partial charge in [-0.1, -0.05) is 134 Å². The average molecular weight is 651 g/mol. The van der Waals surface area contributed by atoms with Crippen molar-refractivity contribution in [1.29, 1.82) is 0 Å². The molecule has 3 heteroatoms. The molecule has 0 N–H and O–H groups in total. The molecule has 0 unspecified atom stereocenters. The maximum absolute atomic E-state index is 8.94. The molecule has 0 radical (unpaired) electrons. The third kappa shape index (κ3) is 4.27. The van der Waals surface area contributed by atoms with Crippen molar-refractivity contribution in [3.63, 3.8) is 0 Å². The number of hydrogen-bond acceptors (Lipinski definition) is 2. The average Bonchev–Trinajstić information content (AvgIpc) is 3.83. The second-order valence-electron chi connectivity index (χ2n) is 12.2. The molecule has 0 saturated heterocycles. The molecule has 0 fully saturated rings. The molecule has 50 heavy (non-hydrogen) atoms. The molecule has 0 atom stereocenters. The van der Waals surface area contributed by atoms with Gasteiger partial charge < -0.3 is 4.42 Å². The van der Waals surface area contributed by atoms with Crippen LogP contribution in [-0.2, 0) is 6.37 Å². The Labute approximate surface area is 303 Å². The van der Waals surface area contributed by atoms with E-state index in [4.69, 9.17) is 18.1 Å². The van der Waals surface area contributed by atoms with Crippen LogP contribution in [0.4, 0.5) is 0 Å². The maximum Gasteiger partial charge on any atom is 0.136 e. The van der Waals surface area contributed by atoms with Gasteiger partial charge in [0.2, 0.25) is 0 Å². The van der Waals surface area contributed by atoms with Crippen LogP contribution < -0.4 is 0 Å². The maximum atomic E-state index is 8.94. The fourth-order valence-electron chi connectivity index (χ4n) is 7.53. The Morgan fingerprint density at radius 3 is 2.16 bits per heavy atom. The van der Waals surface area contributed by atoms with E-state index in [1.807, 2.05) is 103 Å². The summed E-state index contributed by atoms with van der Waals surface area (Å²) in [7, 11) is 0. The van der Waals surface area contributed by atoms with Crippen molar-refractivity contribution in [2.45, 2.75) is 13.2 Å². The number of benzene rings is 8. The fourth-order valence-corrected chi connectivity index (χ4v) is 7.53. The van der Waals surface area contributed by atoms with E-state index in [1.165, 1.54) is 0 Å². The number of nitrogens with zero attached hydrogens (tertiary/aromatic N) is 2. The molecule has 0 bridgehead atoms. The Bertz CT molecular complexity index is 3390. The highest BCUT2D eigenvalue weighted by Gasteiger charge is 2.23. The predicted molar refractivity (Wildman–Crippen MR) is 209 cm³/mol. The van der Waals surface area contributed by atoms with E-state index in [1.54, 1.807) is 34.9 Å². The zero-order valence-electron chi connectivity index (χ0n) is 36.5. The molecule has 10 rings (SSSR count). The van der Waals surface area contributed by atoms with Gasteiger partial charge in [-0.3, -0.25) is 4.57 Å². The smallest absolute Gasteiger partial charge is 0.136 e. The minimum atomic E-state index is -3.04. The monoisotopic (exact) mass is 650 g/mol. The molecule has 0 spiro atoms. The lowest BCUT2D eigenvalue weighted by molar-refractivity contribution is 0.669. The zero-order chi connectivity index (χ0) is 41.8. The summed E-state index contributed by atoms with van der Waals surface area (Å²) in [6.07, 6.45) is -2.84. The molecule has 2 aromatic heterocycles. The molecule has 0 amide bonds.